The topological polar surface area (TPSA) is 38.1 Å². The van der Waals surface area contributed by atoms with Crippen LogP contribution in [0.5, 0.6) is 0 Å². The summed E-state index contributed by atoms with van der Waals surface area (Å²) in [5.74, 6) is 0.718. The molecule has 5 heteroatoms. The van der Waals surface area contributed by atoms with E-state index >= 15 is 0 Å². The van der Waals surface area contributed by atoms with E-state index in [4.69, 9.17) is 15.0 Å². The van der Waals surface area contributed by atoms with Crippen molar-refractivity contribution >= 4 is 70.0 Å². The molecule has 0 aliphatic rings. The minimum Gasteiger partial charge on any atom is -0.251 e. The molecule has 0 aliphatic heterocycles. The van der Waals surface area contributed by atoms with Gasteiger partial charge in [0, 0.05) is 42.4 Å². The molecule has 0 atom stereocenters. The molecule has 3 heterocycles. The molecule has 0 bridgehead atoms. The van der Waals surface area contributed by atoms with Crippen LogP contribution in [0.2, 0.25) is 0 Å². The molecule has 8 rings (SSSR count). The first-order chi connectivity index (χ1) is 22.1. The van der Waals surface area contributed by atoms with Gasteiger partial charge in [-0.2, -0.15) is 0 Å². The predicted molar refractivity (Wildman–Crippen MR) is 194 cm³/mol. The predicted octanol–water partition coefficient (Wildman–Crippen LogP) is 11.6. The third kappa shape index (κ3) is 4.96. The monoisotopic (exact) mass is 613 g/mol. The van der Waals surface area contributed by atoms with E-state index in [1.165, 1.54) is 14.8 Å². The maximum Gasteiger partial charge on any atom is 0.161 e. The fraction of sp³-hybridized carbons (Fsp3) is 0.0250. The van der Waals surface area contributed by atoms with Gasteiger partial charge in [0.1, 0.15) is 4.83 Å². The van der Waals surface area contributed by atoms with Gasteiger partial charge in [-0.1, -0.05) is 128 Å². The lowest BCUT2D eigenvalue weighted by Crippen LogP contribution is -1.94. The molecule has 8 aromatic rings. The largest absolute Gasteiger partial charge is 0.251 e. The first-order valence-electron chi connectivity index (χ1n) is 14.8. The fourth-order valence-corrected chi connectivity index (χ4v) is 7.98. The summed E-state index contributed by atoms with van der Waals surface area (Å²) in [4.78, 5) is 17.5. The molecule has 3 nitrogen and oxygen atoms in total. The number of benzene rings is 5. The minimum atomic E-state index is 0.718. The molecule has 0 unspecified atom stereocenters. The number of thiophene rings is 2. The third-order valence-electron chi connectivity index (χ3n) is 8.09. The highest BCUT2D eigenvalue weighted by Gasteiger charge is 2.18. The van der Waals surface area contributed by atoms with E-state index in [0.717, 1.165) is 71.2 Å². The zero-order valence-corrected chi connectivity index (χ0v) is 26.2. The molecule has 0 saturated heterocycles. The average Bonchev–Trinajstić information content (AvgIpc) is 3.67. The molecule has 0 saturated carbocycles. The van der Waals surface area contributed by atoms with Crippen LogP contribution in [0.4, 0.5) is 5.69 Å². The molecule has 0 spiro atoms. The second kappa shape index (κ2) is 11.4. The van der Waals surface area contributed by atoms with E-state index in [1.54, 1.807) is 22.7 Å². The molecule has 0 aliphatic carbocycles. The van der Waals surface area contributed by atoms with E-state index in [9.17, 15) is 0 Å². The van der Waals surface area contributed by atoms with E-state index in [0.29, 0.717) is 0 Å². The van der Waals surface area contributed by atoms with Crippen LogP contribution in [0.1, 0.15) is 22.9 Å². The van der Waals surface area contributed by atoms with Crippen LogP contribution in [0, 0.1) is 0 Å². The van der Waals surface area contributed by atoms with Gasteiger partial charge in [-0.15, -0.1) is 22.7 Å². The van der Waals surface area contributed by atoms with Gasteiger partial charge in [-0.05, 0) is 35.8 Å². The van der Waals surface area contributed by atoms with Crippen LogP contribution >= 0.6 is 22.7 Å². The number of hydrogen-bond acceptors (Lipinski definition) is 5. The number of rotatable bonds is 6. The standard InChI is InChI=1S/C40H27N3S2/c1-25(38-37(32-18-10-12-20-34(32)44-38)41-26(2)28-13-5-3-6-14-28)27-21-23-30(24-22-27)39-42-36(29-15-7-4-8-16-29)35-31-17-9-11-19-33(31)45-40(35)43-39/h3-24H,1H2,2H3. The maximum atomic E-state index is 5.16. The van der Waals surface area contributed by atoms with Crippen LogP contribution in [-0.4, -0.2) is 15.7 Å². The lowest BCUT2D eigenvalue weighted by atomic mass is 10.0. The van der Waals surface area contributed by atoms with Crippen molar-refractivity contribution in [1.82, 2.24) is 9.97 Å². The lowest BCUT2D eigenvalue weighted by molar-refractivity contribution is 1.24. The third-order valence-corrected chi connectivity index (χ3v) is 10.4. The lowest BCUT2D eigenvalue weighted by Gasteiger charge is -2.10. The molecule has 3 aromatic heterocycles. The minimum absolute atomic E-state index is 0.718. The summed E-state index contributed by atoms with van der Waals surface area (Å²) in [7, 11) is 0. The average molecular weight is 614 g/mol. The van der Waals surface area contributed by atoms with Crippen molar-refractivity contribution in [2.45, 2.75) is 6.92 Å². The molecule has 214 valence electrons. The van der Waals surface area contributed by atoms with E-state index in [2.05, 4.69) is 123 Å². The Bertz CT molecular complexity index is 2380. The van der Waals surface area contributed by atoms with Gasteiger partial charge >= 0.3 is 0 Å². The molecular weight excluding hydrogens is 587 g/mol. The van der Waals surface area contributed by atoms with E-state index < -0.39 is 0 Å². The molecule has 0 amide bonds. The Morgan fingerprint density at radius 3 is 1.96 bits per heavy atom. The van der Waals surface area contributed by atoms with Crippen molar-refractivity contribution in [3.8, 4) is 22.6 Å². The van der Waals surface area contributed by atoms with Gasteiger partial charge in [-0.25, -0.2) is 9.97 Å². The normalized spacial score (nSPS) is 11.9. The van der Waals surface area contributed by atoms with Crippen LogP contribution in [0.15, 0.2) is 145 Å². The Balaban J connectivity index is 1.20. The van der Waals surface area contributed by atoms with Crippen molar-refractivity contribution in [2.24, 2.45) is 4.99 Å². The SMILES string of the molecule is C=C(c1ccc(-c2nc(-c3ccccc3)c3c(n2)sc2ccccc23)cc1)c1sc2ccccc2c1N=C(C)c1ccccc1. The summed E-state index contributed by atoms with van der Waals surface area (Å²) in [6, 6.07) is 46.1. The van der Waals surface area contributed by atoms with Crippen molar-refractivity contribution < 1.29 is 0 Å². The molecule has 0 radical (unpaired) electrons. The first-order valence-corrected chi connectivity index (χ1v) is 16.4. The summed E-state index contributed by atoms with van der Waals surface area (Å²) in [6.45, 7) is 6.63. The van der Waals surface area contributed by atoms with Crippen LogP contribution in [-0.2, 0) is 0 Å². The van der Waals surface area contributed by atoms with Gasteiger partial charge in [-0.3, -0.25) is 4.99 Å². The van der Waals surface area contributed by atoms with Crippen LogP contribution in [0.25, 0.3) is 58.6 Å². The Morgan fingerprint density at radius 2 is 1.22 bits per heavy atom. The highest BCUT2D eigenvalue weighted by molar-refractivity contribution is 7.25. The Kier molecular flexibility index (Phi) is 6.90. The van der Waals surface area contributed by atoms with Gasteiger partial charge in [0.2, 0.25) is 0 Å². The van der Waals surface area contributed by atoms with Crippen LogP contribution in [0.3, 0.4) is 0 Å². The van der Waals surface area contributed by atoms with E-state index in [-0.39, 0.29) is 0 Å². The summed E-state index contributed by atoms with van der Waals surface area (Å²) in [5, 5.41) is 3.45. The highest BCUT2D eigenvalue weighted by atomic mass is 32.1. The number of nitrogens with zero attached hydrogens (tertiary/aromatic N) is 3. The number of hydrogen-bond donors (Lipinski definition) is 0. The Hall–Kier alpha value is -5.23. The highest BCUT2D eigenvalue weighted by Crippen LogP contribution is 2.44. The molecule has 0 N–H and O–H groups in total. The zero-order valence-electron chi connectivity index (χ0n) is 24.6. The number of fused-ring (bicyclic) bond motifs is 4. The maximum absolute atomic E-state index is 5.16. The first kappa shape index (κ1) is 27.3. The smallest absolute Gasteiger partial charge is 0.161 e. The summed E-state index contributed by atoms with van der Waals surface area (Å²) in [6.07, 6.45) is 0. The van der Waals surface area contributed by atoms with Gasteiger partial charge in [0.05, 0.1) is 16.3 Å². The summed E-state index contributed by atoms with van der Waals surface area (Å²) < 4.78 is 2.41. The van der Waals surface area contributed by atoms with Gasteiger partial charge < -0.3 is 0 Å². The quantitative estimate of drug-likeness (QED) is 0.175. The number of aromatic nitrogens is 2. The Labute approximate surface area is 269 Å². The van der Waals surface area contributed by atoms with Crippen molar-refractivity contribution in [1.29, 1.82) is 0 Å². The van der Waals surface area contributed by atoms with Crippen LogP contribution < -0.4 is 0 Å². The van der Waals surface area contributed by atoms with E-state index in [1.807, 2.05) is 24.3 Å². The molecule has 5 aromatic carbocycles. The van der Waals surface area contributed by atoms with Crippen molar-refractivity contribution in [2.75, 3.05) is 0 Å². The summed E-state index contributed by atoms with van der Waals surface area (Å²) in [5.41, 5.74) is 8.07. The second-order valence-corrected chi connectivity index (χ2v) is 13.0. The zero-order chi connectivity index (χ0) is 30.3. The molecular formula is C40H27N3S2. The fourth-order valence-electron chi connectivity index (χ4n) is 5.77. The molecule has 0 fully saturated rings. The van der Waals surface area contributed by atoms with Crippen molar-refractivity contribution in [3.63, 3.8) is 0 Å². The summed E-state index contributed by atoms with van der Waals surface area (Å²) >= 11 is 3.45. The van der Waals surface area contributed by atoms with Gasteiger partial charge in [0.15, 0.2) is 5.82 Å². The van der Waals surface area contributed by atoms with Gasteiger partial charge in [0.25, 0.3) is 0 Å². The second-order valence-electron chi connectivity index (χ2n) is 10.9. The van der Waals surface area contributed by atoms with Crippen molar-refractivity contribution in [3.05, 3.63) is 156 Å². The Morgan fingerprint density at radius 1 is 0.600 bits per heavy atom. The number of aliphatic imine (C=N–C) groups is 1. The molecule has 45 heavy (non-hydrogen) atoms.